The molecule has 1 aliphatic rings. The van der Waals surface area contributed by atoms with Crippen LogP contribution < -0.4 is 0 Å². The minimum atomic E-state index is -0.258. The number of pyridine rings is 1. The van der Waals surface area contributed by atoms with Crippen LogP contribution in [0.4, 0.5) is 0 Å². The van der Waals surface area contributed by atoms with Crippen molar-refractivity contribution >= 4 is 11.8 Å². The van der Waals surface area contributed by atoms with Gasteiger partial charge in [-0.05, 0) is 37.6 Å². The van der Waals surface area contributed by atoms with Crippen LogP contribution in [0.1, 0.15) is 22.5 Å². The van der Waals surface area contributed by atoms with Gasteiger partial charge in [0.15, 0.2) is 0 Å². The Morgan fingerprint density at radius 3 is 2.61 bits per heavy atom. The maximum atomic E-state index is 13.3. The lowest BCUT2D eigenvalue weighted by Crippen LogP contribution is -2.40. The zero-order chi connectivity index (χ0) is 23.4. The molecule has 4 rings (SSSR count). The molecule has 0 N–H and O–H groups in total. The predicted molar refractivity (Wildman–Crippen MR) is 124 cm³/mol. The standard InChI is InChI=1S/C25H29N5O3/c1-18-23(19(2)30(27-18)21-9-5-4-6-10-21)12-24(31)29-16-22(33-3)15-28(25(32)17-29)14-20-8-7-11-26-13-20/h4-11,13,22H,12,14-17H2,1-3H3/t22-/m1/s1. The summed E-state index contributed by atoms with van der Waals surface area (Å²) in [6, 6.07) is 13.6. The maximum Gasteiger partial charge on any atom is 0.242 e. The molecular formula is C25H29N5O3. The summed E-state index contributed by atoms with van der Waals surface area (Å²) < 4.78 is 7.47. The first-order chi connectivity index (χ1) is 16.0. The van der Waals surface area contributed by atoms with Gasteiger partial charge in [0.05, 0.1) is 30.5 Å². The normalized spacial score (nSPS) is 16.7. The molecule has 1 saturated heterocycles. The van der Waals surface area contributed by atoms with E-state index < -0.39 is 0 Å². The van der Waals surface area contributed by atoms with E-state index in [4.69, 9.17) is 4.74 Å². The number of ether oxygens (including phenoxy) is 1. The summed E-state index contributed by atoms with van der Waals surface area (Å²) in [5.74, 6) is -0.201. The first kappa shape index (κ1) is 22.7. The Balaban J connectivity index is 1.50. The van der Waals surface area contributed by atoms with Gasteiger partial charge < -0.3 is 14.5 Å². The van der Waals surface area contributed by atoms with Crippen LogP contribution in [0.5, 0.6) is 0 Å². The third kappa shape index (κ3) is 5.12. The van der Waals surface area contributed by atoms with Gasteiger partial charge in [-0.25, -0.2) is 4.68 Å². The number of hydrogen-bond donors (Lipinski definition) is 0. The zero-order valence-electron chi connectivity index (χ0n) is 19.3. The van der Waals surface area contributed by atoms with Gasteiger partial charge in [-0.3, -0.25) is 14.6 Å². The topological polar surface area (TPSA) is 80.6 Å². The Labute approximate surface area is 193 Å². The van der Waals surface area contributed by atoms with Crippen LogP contribution in [0, 0.1) is 13.8 Å². The Morgan fingerprint density at radius 2 is 1.91 bits per heavy atom. The van der Waals surface area contributed by atoms with Crippen molar-refractivity contribution in [2.75, 3.05) is 26.7 Å². The quantitative estimate of drug-likeness (QED) is 0.579. The maximum absolute atomic E-state index is 13.3. The molecule has 0 radical (unpaired) electrons. The predicted octanol–water partition coefficient (Wildman–Crippen LogP) is 2.31. The van der Waals surface area contributed by atoms with E-state index in [1.165, 1.54) is 0 Å². The number of aromatic nitrogens is 3. The fraction of sp³-hybridized carbons (Fsp3) is 0.360. The number of benzene rings is 1. The highest BCUT2D eigenvalue weighted by Gasteiger charge is 2.31. The van der Waals surface area contributed by atoms with Crippen molar-refractivity contribution in [3.63, 3.8) is 0 Å². The van der Waals surface area contributed by atoms with Crippen molar-refractivity contribution in [1.82, 2.24) is 24.6 Å². The molecule has 0 saturated carbocycles. The lowest BCUT2D eigenvalue weighted by molar-refractivity contribution is -0.138. The summed E-state index contributed by atoms with van der Waals surface area (Å²) in [4.78, 5) is 33.8. The highest BCUT2D eigenvalue weighted by Crippen LogP contribution is 2.20. The first-order valence-electron chi connectivity index (χ1n) is 11.0. The molecule has 33 heavy (non-hydrogen) atoms. The number of amides is 2. The van der Waals surface area contributed by atoms with Crippen LogP contribution in [-0.2, 0) is 27.3 Å². The van der Waals surface area contributed by atoms with Crippen LogP contribution >= 0.6 is 0 Å². The monoisotopic (exact) mass is 447 g/mol. The van der Waals surface area contributed by atoms with E-state index in [1.807, 2.05) is 61.0 Å². The Hall–Kier alpha value is -3.52. The van der Waals surface area contributed by atoms with Gasteiger partial charge in [0.25, 0.3) is 0 Å². The van der Waals surface area contributed by atoms with Crippen molar-refractivity contribution in [3.8, 4) is 5.69 Å². The molecular weight excluding hydrogens is 418 g/mol. The number of nitrogens with zero attached hydrogens (tertiary/aromatic N) is 5. The Morgan fingerprint density at radius 1 is 1.12 bits per heavy atom. The molecule has 0 spiro atoms. The number of aryl methyl sites for hydroxylation is 1. The average Bonchev–Trinajstić information content (AvgIpc) is 3.00. The molecule has 172 valence electrons. The van der Waals surface area contributed by atoms with Crippen molar-refractivity contribution in [1.29, 1.82) is 0 Å². The lowest BCUT2D eigenvalue weighted by atomic mass is 10.1. The highest BCUT2D eigenvalue weighted by molar-refractivity contribution is 5.86. The molecule has 8 heteroatoms. The molecule has 1 atom stereocenters. The van der Waals surface area contributed by atoms with E-state index in [0.29, 0.717) is 19.6 Å². The number of carbonyl (C=O) groups excluding carboxylic acids is 2. The second-order valence-electron chi connectivity index (χ2n) is 8.34. The van der Waals surface area contributed by atoms with E-state index >= 15 is 0 Å². The minimum absolute atomic E-state index is 0.0316. The largest absolute Gasteiger partial charge is 0.378 e. The van der Waals surface area contributed by atoms with E-state index in [1.54, 1.807) is 29.3 Å². The van der Waals surface area contributed by atoms with Crippen LogP contribution in [0.2, 0.25) is 0 Å². The minimum Gasteiger partial charge on any atom is -0.378 e. The van der Waals surface area contributed by atoms with Gasteiger partial charge in [0, 0.05) is 50.4 Å². The van der Waals surface area contributed by atoms with Crippen LogP contribution in [0.3, 0.4) is 0 Å². The van der Waals surface area contributed by atoms with Crippen LogP contribution in [0.15, 0.2) is 54.9 Å². The number of hydrogen-bond acceptors (Lipinski definition) is 5. The second-order valence-corrected chi connectivity index (χ2v) is 8.34. The Kier molecular flexibility index (Phi) is 6.84. The van der Waals surface area contributed by atoms with Crippen molar-refractivity contribution in [3.05, 3.63) is 77.4 Å². The molecule has 8 nitrogen and oxygen atoms in total. The van der Waals surface area contributed by atoms with E-state index in [-0.39, 0.29) is 30.9 Å². The van der Waals surface area contributed by atoms with E-state index in [2.05, 4.69) is 10.1 Å². The number of carbonyl (C=O) groups is 2. The van der Waals surface area contributed by atoms with Gasteiger partial charge in [0.2, 0.25) is 11.8 Å². The summed E-state index contributed by atoms with van der Waals surface area (Å²) in [5.41, 5.74) is 4.52. The average molecular weight is 448 g/mol. The first-order valence-corrected chi connectivity index (χ1v) is 11.0. The fourth-order valence-corrected chi connectivity index (χ4v) is 4.20. The van der Waals surface area contributed by atoms with Gasteiger partial charge in [-0.1, -0.05) is 24.3 Å². The van der Waals surface area contributed by atoms with Gasteiger partial charge >= 0.3 is 0 Å². The molecule has 2 aromatic heterocycles. The number of para-hydroxylation sites is 1. The van der Waals surface area contributed by atoms with Crippen molar-refractivity contribution in [2.24, 2.45) is 0 Å². The molecule has 2 amide bonds. The molecule has 0 unspecified atom stereocenters. The highest BCUT2D eigenvalue weighted by atomic mass is 16.5. The van der Waals surface area contributed by atoms with Crippen molar-refractivity contribution < 1.29 is 14.3 Å². The fourth-order valence-electron chi connectivity index (χ4n) is 4.20. The van der Waals surface area contributed by atoms with Gasteiger partial charge in [-0.15, -0.1) is 0 Å². The van der Waals surface area contributed by atoms with Gasteiger partial charge in [0.1, 0.15) is 0 Å². The third-order valence-corrected chi connectivity index (χ3v) is 6.08. The smallest absolute Gasteiger partial charge is 0.242 e. The second kappa shape index (κ2) is 9.95. The molecule has 3 heterocycles. The SMILES string of the molecule is CO[C@H]1CN(C(=O)Cc2c(C)nn(-c3ccccc3)c2C)CC(=O)N(Cc2cccnc2)C1. The zero-order valence-corrected chi connectivity index (χ0v) is 19.3. The third-order valence-electron chi connectivity index (χ3n) is 6.08. The molecule has 1 aromatic carbocycles. The van der Waals surface area contributed by atoms with Gasteiger partial charge in [-0.2, -0.15) is 5.10 Å². The summed E-state index contributed by atoms with van der Waals surface area (Å²) in [7, 11) is 1.61. The molecule has 3 aromatic rings. The van der Waals surface area contributed by atoms with Crippen LogP contribution in [0.25, 0.3) is 5.69 Å². The summed E-state index contributed by atoms with van der Waals surface area (Å²) >= 11 is 0. The lowest BCUT2D eigenvalue weighted by Gasteiger charge is -2.23. The summed E-state index contributed by atoms with van der Waals surface area (Å²) in [6.45, 7) is 5.15. The Bertz CT molecular complexity index is 1110. The van der Waals surface area contributed by atoms with E-state index in [0.717, 1.165) is 28.2 Å². The van der Waals surface area contributed by atoms with Crippen molar-refractivity contribution in [2.45, 2.75) is 32.9 Å². The summed E-state index contributed by atoms with van der Waals surface area (Å²) in [5, 5.41) is 4.64. The molecule has 1 fully saturated rings. The molecule has 1 aliphatic heterocycles. The molecule has 0 bridgehead atoms. The number of rotatable bonds is 6. The summed E-state index contributed by atoms with van der Waals surface area (Å²) in [6.07, 6.45) is 3.39. The number of methoxy groups -OCH3 is 1. The van der Waals surface area contributed by atoms with E-state index in [9.17, 15) is 9.59 Å². The van der Waals surface area contributed by atoms with Crippen LogP contribution in [-0.4, -0.2) is 69.2 Å². The molecule has 0 aliphatic carbocycles.